The van der Waals surface area contributed by atoms with Crippen molar-refractivity contribution < 1.29 is 37.3 Å². The molecule has 0 radical (unpaired) electrons. The Hall–Kier alpha value is -3.59. The topological polar surface area (TPSA) is 111 Å². The first-order chi connectivity index (χ1) is 40.4. The second-order valence-corrected chi connectivity index (χ2v) is 25.1. The van der Waals surface area contributed by atoms with Crippen molar-refractivity contribution in [2.45, 2.75) is 290 Å². The number of hydrogen-bond donors (Lipinski definition) is 2. The van der Waals surface area contributed by atoms with E-state index in [-0.39, 0.29) is 31.5 Å². The van der Waals surface area contributed by atoms with Crippen molar-refractivity contribution in [1.82, 2.24) is 5.32 Å². The van der Waals surface area contributed by atoms with Crippen molar-refractivity contribution in [3.05, 3.63) is 122 Å². The molecule has 3 unspecified atom stereocenters. The number of quaternary nitrogens is 1. The van der Waals surface area contributed by atoms with Gasteiger partial charge < -0.3 is 19.4 Å². The number of nitrogens with one attached hydrogen (secondary N) is 1. The summed E-state index contributed by atoms with van der Waals surface area (Å²) < 4.78 is 30.8. The minimum absolute atomic E-state index is 0.0281. The molecular weight excluding hydrogens is 1050 g/mol. The molecule has 0 aliphatic heterocycles. The lowest BCUT2D eigenvalue weighted by molar-refractivity contribution is -0.870. The summed E-state index contributed by atoms with van der Waals surface area (Å²) in [4.78, 5) is 37.9. The number of likely N-dealkylation sites (N-methyl/N-ethyl adjacent to an activating group) is 1. The van der Waals surface area contributed by atoms with E-state index in [4.69, 9.17) is 13.8 Å². The van der Waals surface area contributed by atoms with Crippen LogP contribution in [0.5, 0.6) is 0 Å². The largest absolute Gasteiger partial charge is 0.472 e. The van der Waals surface area contributed by atoms with Gasteiger partial charge in [0.15, 0.2) is 0 Å². The maximum atomic E-state index is 13.6. The predicted octanol–water partition coefficient (Wildman–Crippen LogP) is 21.4. The Balaban J connectivity index is 5.27. The number of phosphoric acid groups is 1. The zero-order valence-electron chi connectivity index (χ0n) is 54.4. The van der Waals surface area contributed by atoms with Crippen molar-refractivity contribution in [3.63, 3.8) is 0 Å². The number of nitrogens with zero attached hydrogens (tertiary/aromatic N) is 1. The van der Waals surface area contributed by atoms with E-state index in [1.54, 1.807) is 0 Å². The fourth-order valence-corrected chi connectivity index (χ4v) is 9.92. The van der Waals surface area contributed by atoms with E-state index in [0.29, 0.717) is 23.9 Å². The van der Waals surface area contributed by atoms with Gasteiger partial charge in [0.25, 0.3) is 0 Å². The molecule has 10 heteroatoms. The highest BCUT2D eigenvalue weighted by Gasteiger charge is 2.30. The molecule has 0 aliphatic rings. The van der Waals surface area contributed by atoms with Crippen LogP contribution in [0, 0.1) is 0 Å². The van der Waals surface area contributed by atoms with Crippen LogP contribution in [-0.2, 0) is 27.9 Å². The molecule has 476 valence electrons. The van der Waals surface area contributed by atoms with Gasteiger partial charge in [0.05, 0.1) is 33.8 Å². The van der Waals surface area contributed by atoms with Crippen molar-refractivity contribution in [2.75, 3.05) is 40.9 Å². The maximum absolute atomic E-state index is 13.6. The lowest BCUT2D eigenvalue weighted by Crippen LogP contribution is -2.47. The zero-order chi connectivity index (χ0) is 60.7. The quantitative estimate of drug-likeness (QED) is 0.0205. The highest BCUT2D eigenvalue weighted by molar-refractivity contribution is 7.47. The van der Waals surface area contributed by atoms with Crippen molar-refractivity contribution >= 4 is 19.7 Å². The Kier molecular flexibility index (Phi) is 58.8. The molecule has 1 amide bonds. The molecule has 0 spiro atoms. The number of hydrogen-bond acceptors (Lipinski definition) is 6. The summed E-state index contributed by atoms with van der Waals surface area (Å²) in [6.45, 7) is 6.85. The molecule has 0 saturated carbocycles. The van der Waals surface area contributed by atoms with Crippen LogP contribution in [0.3, 0.4) is 0 Å². The average Bonchev–Trinajstić information content (AvgIpc) is 3.47. The Morgan fingerprint density at radius 2 is 0.771 bits per heavy atom. The Labute approximate surface area is 512 Å². The molecule has 0 heterocycles. The van der Waals surface area contributed by atoms with E-state index in [9.17, 15) is 19.0 Å². The number of phosphoric ester groups is 1. The minimum atomic E-state index is -4.47. The Bertz CT molecular complexity index is 1830. The van der Waals surface area contributed by atoms with Crippen LogP contribution >= 0.6 is 7.82 Å². The number of unbranched alkanes of at least 4 members (excludes halogenated alkanes) is 26. The van der Waals surface area contributed by atoms with E-state index in [1.807, 2.05) is 33.3 Å². The van der Waals surface area contributed by atoms with Crippen LogP contribution in [0.2, 0.25) is 0 Å². The summed E-state index contributed by atoms with van der Waals surface area (Å²) in [5.41, 5.74) is 0. The smallest absolute Gasteiger partial charge is 0.456 e. The lowest BCUT2D eigenvalue weighted by Gasteiger charge is -2.27. The average molecular weight is 1180 g/mol. The zero-order valence-corrected chi connectivity index (χ0v) is 55.3. The van der Waals surface area contributed by atoms with Gasteiger partial charge >= 0.3 is 13.8 Å². The predicted molar refractivity (Wildman–Crippen MR) is 360 cm³/mol. The summed E-state index contributed by atoms with van der Waals surface area (Å²) in [6, 6.07) is -0.872. The molecule has 0 aromatic heterocycles. The third kappa shape index (κ3) is 62.8. The third-order valence-electron chi connectivity index (χ3n) is 14.4. The number of ether oxygens (including phenoxy) is 1. The molecule has 2 N–H and O–H groups in total. The van der Waals surface area contributed by atoms with Gasteiger partial charge in [0.1, 0.15) is 19.3 Å². The summed E-state index contributed by atoms with van der Waals surface area (Å²) in [6.07, 6.45) is 86.2. The first-order valence-electron chi connectivity index (χ1n) is 33.9. The number of rotatable bonds is 60. The van der Waals surface area contributed by atoms with Gasteiger partial charge in [0.2, 0.25) is 5.91 Å². The second-order valence-electron chi connectivity index (χ2n) is 23.6. The number of carbonyl (C=O) groups is 2. The molecule has 0 saturated heterocycles. The number of esters is 1. The summed E-state index contributed by atoms with van der Waals surface area (Å²) in [5.74, 6) is -0.543. The first kappa shape index (κ1) is 79.4. The molecule has 3 atom stereocenters. The standard InChI is InChI=1S/C73H127N2O7P/c1-7-10-13-16-19-22-25-28-30-32-34-36-37-39-40-42-44-47-50-53-56-59-62-65-72(76)74-70(69-81-83(78,79)80-68-67-75(4,5)6)71(64-61-58-55-52-49-46-27-24-21-18-15-12-9-3)82-73(77)66-63-60-57-54-51-48-45-43-41-38-35-33-31-29-26-23-20-17-14-11-8-2/h11,14,19-20,22-23,28-31,34-36,38-40,43,45,61,64,70-71H,7-10,12-13,15-18,21,24-27,32-33,37,41-42,44,46-60,62-63,65-69H2,1-6H3,(H-,74,76,78,79)/p+1/b14-11-,22-19-,23-20-,30-28-,31-29-,36-34-,38-35-,40-39-,45-43-,64-61+. The minimum Gasteiger partial charge on any atom is -0.456 e. The van der Waals surface area contributed by atoms with Crippen LogP contribution in [0.25, 0.3) is 0 Å². The highest BCUT2D eigenvalue weighted by Crippen LogP contribution is 2.43. The van der Waals surface area contributed by atoms with E-state index in [0.717, 1.165) is 135 Å². The molecule has 0 aromatic carbocycles. The van der Waals surface area contributed by atoms with Gasteiger partial charge in [-0.1, -0.05) is 265 Å². The molecule has 0 aromatic rings. The fraction of sp³-hybridized carbons (Fsp3) is 0.699. The van der Waals surface area contributed by atoms with Crippen LogP contribution in [0.1, 0.15) is 278 Å². The number of carbonyl (C=O) groups excluding carboxylic acids is 2. The van der Waals surface area contributed by atoms with Crippen LogP contribution in [0.15, 0.2) is 122 Å². The molecule has 0 fully saturated rings. The summed E-state index contributed by atoms with van der Waals surface area (Å²) in [5, 5.41) is 3.05. The van der Waals surface area contributed by atoms with Gasteiger partial charge in [0, 0.05) is 12.8 Å². The fourth-order valence-electron chi connectivity index (χ4n) is 9.19. The molecular formula is C73H128N2O7P+. The van der Waals surface area contributed by atoms with Gasteiger partial charge in [-0.05, 0) is 122 Å². The summed E-state index contributed by atoms with van der Waals surface area (Å²) >= 11 is 0. The lowest BCUT2D eigenvalue weighted by atomic mass is 10.0. The van der Waals surface area contributed by atoms with Crippen molar-refractivity contribution in [1.29, 1.82) is 0 Å². The SMILES string of the molecule is CC/C=C\C/C=C\C/C=C\C/C=C\C/C=C\CCCCCCCC(=O)OC(/C=C/CCCCCCCCCCCCC)C(COP(=O)(O)OCC[N+](C)(C)C)NC(=O)CCCCCCCCC/C=C\C/C=C\C/C=C\C/C=C\CCCCC. The van der Waals surface area contributed by atoms with Gasteiger partial charge in [-0.2, -0.15) is 0 Å². The molecule has 83 heavy (non-hydrogen) atoms. The first-order valence-corrected chi connectivity index (χ1v) is 35.4. The monoisotopic (exact) mass is 1180 g/mol. The van der Waals surface area contributed by atoms with E-state index in [1.165, 1.54) is 103 Å². The molecule has 0 aliphatic carbocycles. The van der Waals surface area contributed by atoms with Crippen molar-refractivity contribution in [2.24, 2.45) is 0 Å². The summed E-state index contributed by atoms with van der Waals surface area (Å²) in [7, 11) is 1.46. The normalized spacial score (nSPS) is 14.3. The van der Waals surface area contributed by atoms with Crippen LogP contribution in [-0.4, -0.2) is 74.3 Å². The molecule has 0 bridgehead atoms. The van der Waals surface area contributed by atoms with Gasteiger partial charge in [-0.3, -0.25) is 18.6 Å². The van der Waals surface area contributed by atoms with Crippen LogP contribution < -0.4 is 5.32 Å². The Morgan fingerprint density at radius 3 is 1.18 bits per heavy atom. The maximum Gasteiger partial charge on any atom is 0.472 e. The van der Waals surface area contributed by atoms with Gasteiger partial charge in [-0.15, -0.1) is 0 Å². The van der Waals surface area contributed by atoms with Crippen molar-refractivity contribution in [3.8, 4) is 0 Å². The van der Waals surface area contributed by atoms with E-state index < -0.39 is 20.0 Å². The second kappa shape index (κ2) is 61.5. The van der Waals surface area contributed by atoms with Gasteiger partial charge in [-0.25, -0.2) is 4.57 Å². The number of allylic oxidation sites excluding steroid dienone is 19. The van der Waals surface area contributed by atoms with Crippen LogP contribution in [0.4, 0.5) is 0 Å². The number of amides is 1. The molecule has 9 nitrogen and oxygen atoms in total. The molecule has 0 rings (SSSR count). The third-order valence-corrected chi connectivity index (χ3v) is 15.4. The highest BCUT2D eigenvalue weighted by atomic mass is 31.2. The van der Waals surface area contributed by atoms with E-state index >= 15 is 0 Å². The van der Waals surface area contributed by atoms with E-state index in [2.05, 4.69) is 135 Å². The Morgan fingerprint density at radius 1 is 0.434 bits per heavy atom.